The van der Waals surface area contributed by atoms with E-state index in [9.17, 15) is 9.90 Å². The summed E-state index contributed by atoms with van der Waals surface area (Å²) in [5.74, 6) is 0.989. The minimum Gasteiger partial charge on any atom is -0.507 e. The van der Waals surface area contributed by atoms with E-state index in [1.807, 2.05) is 0 Å². The lowest BCUT2D eigenvalue weighted by atomic mass is 10.1. The van der Waals surface area contributed by atoms with Gasteiger partial charge in [0.15, 0.2) is 0 Å². The van der Waals surface area contributed by atoms with Crippen LogP contribution in [0.1, 0.15) is 10.4 Å². The molecule has 0 atom stereocenters. The summed E-state index contributed by atoms with van der Waals surface area (Å²) < 4.78 is 5.09. The summed E-state index contributed by atoms with van der Waals surface area (Å²) in [5, 5.41) is 9.84. The molecule has 0 aromatic heterocycles. The van der Waals surface area contributed by atoms with Crippen LogP contribution < -0.4 is 4.74 Å². The van der Waals surface area contributed by atoms with Crippen LogP contribution >= 0.6 is 11.6 Å². The van der Waals surface area contributed by atoms with Gasteiger partial charge in [-0.1, -0.05) is 0 Å². The smallest absolute Gasteiger partial charge is 0.257 e. The molecule has 1 aliphatic heterocycles. The van der Waals surface area contributed by atoms with E-state index in [2.05, 4.69) is 4.90 Å². The van der Waals surface area contributed by atoms with E-state index in [1.165, 1.54) is 13.2 Å². The van der Waals surface area contributed by atoms with E-state index in [0.717, 1.165) is 19.6 Å². The summed E-state index contributed by atoms with van der Waals surface area (Å²) in [4.78, 5) is 16.4. The Labute approximate surface area is 123 Å². The van der Waals surface area contributed by atoms with Crippen molar-refractivity contribution in [2.24, 2.45) is 0 Å². The number of carbonyl (C=O) groups excluding carboxylic acids is 1. The van der Waals surface area contributed by atoms with Crippen molar-refractivity contribution in [3.8, 4) is 11.5 Å². The number of amides is 1. The summed E-state index contributed by atoms with van der Waals surface area (Å²) in [6.45, 7) is 3.75. The molecule has 6 heteroatoms. The highest BCUT2D eigenvalue weighted by atomic mass is 35.5. The molecule has 1 amide bonds. The summed E-state index contributed by atoms with van der Waals surface area (Å²) in [6.07, 6.45) is 0. The van der Waals surface area contributed by atoms with Crippen LogP contribution in [0.5, 0.6) is 11.5 Å². The number of halogens is 1. The van der Waals surface area contributed by atoms with Crippen molar-refractivity contribution >= 4 is 17.5 Å². The second-order valence-electron chi connectivity index (χ2n) is 4.71. The molecule has 0 spiro atoms. The van der Waals surface area contributed by atoms with E-state index >= 15 is 0 Å². The van der Waals surface area contributed by atoms with Gasteiger partial charge in [-0.05, 0) is 18.2 Å². The largest absolute Gasteiger partial charge is 0.507 e. The minimum absolute atomic E-state index is 0.0148. The Morgan fingerprint density at radius 2 is 2.05 bits per heavy atom. The monoisotopic (exact) mass is 298 g/mol. The molecule has 110 valence electrons. The molecule has 1 saturated heterocycles. The standard InChI is InChI=1S/C14H19ClN2O3/c1-20-11-2-3-13(18)12(10-11)14(19)17-8-6-16(5-4-15)7-9-17/h2-3,10,18H,4-9H2,1H3. The van der Waals surface area contributed by atoms with E-state index < -0.39 is 0 Å². The predicted molar refractivity (Wildman–Crippen MR) is 77.7 cm³/mol. The van der Waals surface area contributed by atoms with Crippen LogP contribution in [-0.4, -0.2) is 66.5 Å². The second kappa shape index (κ2) is 6.81. The van der Waals surface area contributed by atoms with Gasteiger partial charge in [-0.15, -0.1) is 11.6 Å². The molecule has 20 heavy (non-hydrogen) atoms. The molecular weight excluding hydrogens is 280 g/mol. The number of ether oxygens (including phenoxy) is 1. The number of piperazine rings is 1. The first-order valence-corrected chi connectivity index (χ1v) is 7.13. The Morgan fingerprint density at radius 3 is 2.65 bits per heavy atom. The molecule has 0 saturated carbocycles. The fraction of sp³-hybridized carbons (Fsp3) is 0.500. The quantitative estimate of drug-likeness (QED) is 0.854. The maximum atomic E-state index is 12.4. The maximum absolute atomic E-state index is 12.4. The van der Waals surface area contributed by atoms with Gasteiger partial charge < -0.3 is 14.7 Å². The predicted octanol–water partition coefficient (Wildman–Crippen LogP) is 1.40. The molecule has 2 rings (SSSR count). The van der Waals surface area contributed by atoms with Crippen molar-refractivity contribution in [1.29, 1.82) is 0 Å². The third kappa shape index (κ3) is 3.35. The molecule has 1 aliphatic rings. The topological polar surface area (TPSA) is 53.0 Å². The van der Waals surface area contributed by atoms with Crippen molar-refractivity contribution in [3.05, 3.63) is 23.8 Å². The first-order valence-electron chi connectivity index (χ1n) is 6.60. The highest BCUT2D eigenvalue weighted by molar-refractivity contribution is 6.18. The molecule has 1 fully saturated rings. The van der Waals surface area contributed by atoms with Gasteiger partial charge in [0.25, 0.3) is 5.91 Å². The first-order chi connectivity index (χ1) is 9.65. The van der Waals surface area contributed by atoms with Crippen molar-refractivity contribution in [2.75, 3.05) is 45.7 Å². The molecule has 0 bridgehead atoms. The lowest BCUT2D eigenvalue weighted by molar-refractivity contribution is 0.0641. The Balaban J connectivity index is 2.05. The van der Waals surface area contributed by atoms with Gasteiger partial charge in [0.1, 0.15) is 11.5 Å². The molecular formula is C14H19ClN2O3. The van der Waals surface area contributed by atoms with Crippen LogP contribution in [0.4, 0.5) is 0 Å². The van der Waals surface area contributed by atoms with Crippen molar-refractivity contribution in [2.45, 2.75) is 0 Å². The van der Waals surface area contributed by atoms with E-state index in [4.69, 9.17) is 16.3 Å². The number of hydrogen-bond donors (Lipinski definition) is 1. The van der Waals surface area contributed by atoms with Crippen LogP contribution in [0.15, 0.2) is 18.2 Å². The zero-order chi connectivity index (χ0) is 14.5. The third-order valence-electron chi connectivity index (χ3n) is 3.49. The molecule has 1 N–H and O–H groups in total. The normalized spacial score (nSPS) is 16.2. The molecule has 5 nitrogen and oxygen atoms in total. The molecule has 0 aliphatic carbocycles. The van der Waals surface area contributed by atoms with Gasteiger partial charge >= 0.3 is 0 Å². The third-order valence-corrected chi connectivity index (χ3v) is 3.66. The summed E-state index contributed by atoms with van der Waals surface area (Å²) in [7, 11) is 1.53. The number of phenols is 1. The van der Waals surface area contributed by atoms with Gasteiger partial charge in [0.2, 0.25) is 0 Å². The highest BCUT2D eigenvalue weighted by Gasteiger charge is 2.24. The number of aromatic hydroxyl groups is 1. The van der Waals surface area contributed by atoms with Gasteiger partial charge in [0.05, 0.1) is 12.7 Å². The zero-order valence-corrected chi connectivity index (χ0v) is 12.3. The first kappa shape index (κ1) is 14.9. The number of methoxy groups -OCH3 is 1. The number of phenolic OH excluding ortho intramolecular Hbond substituents is 1. The van der Waals surface area contributed by atoms with Crippen LogP contribution in [0.2, 0.25) is 0 Å². The summed E-state index contributed by atoms with van der Waals surface area (Å²) in [6, 6.07) is 4.68. The van der Waals surface area contributed by atoms with E-state index in [0.29, 0.717) is 24.7 Å². The Kier molecular flexibility index (Phi) is 5.09. The Hall–Kier alpha value is -1.46. The number of rotatable bonds is 4. The average molecular weight is 299 g/mol. The zero-order valence-electron chi connectivity index (χ0n) is 11.5. The van der Waals surface area contributed by atoms with Crippen LogP contribution in [0, 0.1) is 0 Å². The van der Waals surface area contributed by atoms with E-state index in [1.54, 1.807) is 17.0 Å². The summed E-state index contributed by atoms with van der Waals surface area (Å²) in [5.41, 5.74) is 0.287. The molecule has 1 aromatic carbocycles. The minimum atomic E-state index is -0.160. The van der Waals surface area contributed by atoms with Crippen molar-refractivity contribution < 1.29 is 14.6 Å². The lowest BCUT2D eigenvalue weighted by Crippen LogP contribution is -2.49. The SMILES string of the molecule is COc1ccc(O)c(C(=O)N2CCN(CCCl)CC2)c1. The number of carbonyl (C=O) groups is 1. The summed E-state index contributed by atoms with van der Waals surface area (Å²) >= 11 is 5.71. The van der Waals surface area contributed by atoms with Crippen LogP contribution in [0.25, 0.3) is 0 Å². The fourth-order valence-corrected chi connectivity index (χ4v) is 2.52. The highest BCUT2D eigenvalue weighted by Crippen LogP contribution is 2.24. The Bertz CT molecular complexity index is 473. The number of alkyl halides is 1. The van der Waals surface area contributed by atoms with Crippen molar-refractivity contribution in [1.82, 2.24) is 9.80 Å². The van der Waals surface area contributed by atoms with Crippen LogP contribution in [-0.2, 0) is 0 Å². The fourth-order valence-electron chi connectivity index (χ4n) is 2.28. The maximum Gasteiger partial charge on any atom is 0.257 e. The Morgan fingerprint density at radius 1 is 1.35 bits per heavy atom. The van der Waals surface area contributed by atoms with Gasteiger partial charge in [-0.3, -0.25) is 9.69 Å². The van der Waals surface area contributed by atoms with Crippen LogP contribution in [0.3, 0.4) is 0 Å². The van der Waals surface area contributed by atoms with Gasteiger partial charge in [0, 0.05) is 38.6 Å². The molecule has 1 heterocycles. The number of hydrogen-bond acceptors (Lipinski definition) is 4. The number of nitrogens with zero attached hydrogens (tertiary/aromatic N) is 2. The molecule has 0 radical (unpaired) electrons. The average Bonchev–Trinajstić information content (AvgIpc) is 2.48. The lowest BCUT2D eigenvalue weighted by Gasteiger charge is -2.34. The second-order valence-corrected chi connectivity index (χ2v) is 5.08. The van der Waals surface area contributed by atoms with Gasteiger partial charge in [-0.2, -0.15) is 0 Å². The van der Waals surface area contributed by atoms with Crippen molar-refractivity contribution in [3.63, 3.8) is 0 Å². The molecule has 0 unspecified atom stereocenters. The number of benzene rings is 1. The molecule has 1 aromatic rings. The van der Waals surface area contributed by atoms with E-state index in [-0.39, 0.29) is 17.2 Å². The van der Waals surface area contributed by atoms with Gasteiger partial charge in [-0.25, -0.2) is 0 Å².